The van der Waals surface area contributed by atoms with Crippen LogP contribution in [0.4, 0.5) is 11.4 Å². The summed E-state index contributed by atoms with van der Waals surface area (Å²) in [6, 6.07) is 9.78. The molecule has 296 valence electrons. The molecule has 57 heavy (non-hydrogen) atoms. The van der Waals surface area contributed by atoms with E-state index < -0.39 is 46.9 Å². The SMILES string of the molecule is CC(C=C/C=C1/N(CCCCS(=O)(=O)[O-])c2ccc(S(=O)(=O)[O-])cc2C1(C)C)=CC=CC1=[N+](CCCCS(=O)(=O)O)c2ccc(SOO[O-])cc2C1(C)C.[Na+].[Na+].[Na+]. The van der Waals surface area contributed by atoms with Crippen LogP contribution in [0.3, 0.4) is 0 Å². The van der Waals surface area contributed by atoms with Gasteiger partial charge in [-0.3, -0.25) is 9.59 Å². The van der Waals surface area contributed by atoms with Gasteiger partial charge in [0.25, 0.3) is 10.1 Å². The Labute approximate surface area is 407 Å². The topological polar surface area (TPSA) is 217 Å². The maximum absolute atomic E-state index is 11.8. The normalized spacial score (nSPS) is 17.1. The van der Waals surface area contributed by atoms with E-state index in [-0.39, 0.29) is 112 Å². The Morgan fingerprint density at radius 1 is 0.877 bits per heavy atom. The van der Waals surface area contributed by atoms with Gasteiger partial charge in [0.2, 0.25) is 5.69 Å². The van der Waals surface area contributed by atoms with Gasteiger partial charge in [0, 0.05) is 58.1 Å². The third kappa shape index (κ3) is 15.0. The minimum absolute atomic E-state index is 0. The summed E-state index contributed by atoms with van der Waals surface area (Å²) in [6.07, 6.45) is 12.7. The van der Waals surface area contributed by atoms with E-state index in [4.69, 9.17) is 0 Å². The molecule has 2 aromatic rings. The van der Waals surface area contributed by atoms with E-state index in [9.17, 15) is 44.2 Å². The van der Waals surface area contributed by atoms with Gasteiger partial charge in [-0.05, 0) is 82.0 Å². The van der Waals surface area contributed by atoms with E-state index in [1.165, 1.54) is 12.1 Å². The van der Waals surface area contributed by atoms with Gasteiger partial charge in [0.1, 0.15) is 16.7 Å². The molecule has 0 fully saturated rings. The molecule has 21 heteroatoms. The Morgan fingerprint density at radius 3 is 2.16 bits per heavy atom. The van der Waals surface area contributed by atoms with Crippen molar-refractivity contribution in [3.63, 3.8) is 0 Å². The van der Waals surface area contributed by atoms with Gasteiger partial charge < -0.3 is 19.3 Å². The Bertz CT molecular complexity index is 2240. The molecule has 0 radical (unpaired) electrons. The minimum atomic E-state index is -4.71. The molecule has 2 aliphatic rings. The van der Waals surface area contributed by atoms with E-state index in [0.717, 1.165) is 40.3 Å². The molecule has 0 saturated carbocycles. The number of fused-ring (bicyclic) bond motifs is 2. The number of anilines is 1. The van der Waals surface area contributed by atoms with Crippen molar-refractivity contribution in [2.24, 2.45) is 0 Å². The molecule has 0 aliphatic carbocycles. The van der Waals surface area contributed by atoms with Crippen LogP contribution in [0.5, 0.6) is 0 Å². The number of nitrogens with zero attached hydrogens (tertiary/aromatic N) is 2. The van der Waals surface area contributed by atoms with Crippen LogP contribution in [0.25, 0.3) is 0 Å². The molecule has 4 rings (SSSR count). The largest absolute Gasteiger partial charge is 1.00 e. The van der Waals surface area contributed by atoms with Gasteiger partial charge in [-0.2, -0.15) is 17.3 Å². The van der Waals surface area contributed by atoms with Crippen molar-refractivity contribution in [3.05, 3.63) is 95.3 Å². The monoisotopic (exact) mass is 893 g/mol. The Kier molecular flexibility index (Phi) is 21.9. The molecule has 14 nitrogen and oxygen atoms in total. The molecular formula is C36H44N2Na3O12S4+. The van der Waals surface area contributed by atoms with Crippen LogP contribution in [0, 0.1) is 0 Å². The van der Waals surface area contributed by atoms with Crippen molar-refractivity contribution in [1.82, 2.24) is 0 Å². The van der Waals surface area contributed by atoms with Crippen molar-refractivity contribution < 1.29 is 147 Å². The van der Waals surface area contributed by atoms with Crippen LogP contribution >= 0.6 is 12.0 Å². The molecule has 2 aliphatic heterocycles. The smallest absolute Gasteiger partial charge is 0.748 e. The molecule has 0 atom stereocenters. The van der Waals surface area contributed by atoms with Crippen LogP contribution < -0.4 is 98.8 Å². The van der Waals surface area contributed by atoms with Crippen LogP contribution in [-0.2, 0) is 50.6 Å². The van der Waals surface area contributed by atoms with Gasteiger partial charge in [0.15, 0.2) is 5.71 Å². The number of rotatable bonds is 18. The Balaban J connectivity index is 0.00000541. The number of unbranched alkanes of at least 4 members (excludes halogenated alkanes) is 2. The zero-order chi connectivity index (χ0) is 40.1. The first-order valence-corrected chi connectivity index (χ1v) is 22.3. The molecule has 0 aromatic heterocycles. The molecule has 0 amide bonds. The number of benzene rings is 2. The molecule has 2 heterocycles. The van der Waals surface area contributed by atoms with Crippen molar-refractivity contribution in [2.45, 2.75) is 80.9 Å². The average molecular weight is 894 g/mol. The summed E-state index contributed by atoms with van der Waals surface area (Å²) in [4.78, 5) is 2.25. The fraction of sp³-hybridized carbons (Fsp3) is 0.417. The third-order valence-corrected chi connectivity index (χ3v) is 12.5. The van der Waals surface area contributed by atoms with E-state index >= 15 is 0 Å². The van der Waals surface area contributed by atoms with Gasteiger partial charge >= 0.3 is 88.7 Å². The van der Waals surface area contributed by atoms with Crippen molar-refractivity contribution >= 4 is 59.5 Å². The van der Waals surface area contributed by atoms with Crippen molar-refractivity contribution in [2.75, 3.05) is 29.5 Å². The molecular weight excluding hydrogens is 850 g/mol. The summed E-state index contributed by atoms with van der Waals surface area (Å²) in [5.41, 5.74) is 4.57. The Hall–Kier alpha value is -0.170. The molecule has 0 spiro atoms. The summed E-state index contributed by atoms with van der Waals surface area (Å²) in [6.45, 7) is 10.7. The van der Waals surface area contributed by atoms with Crippen LogP contribution in [0.15, 0.2) is 93.9 Å². The second-order valence-electron chi connectivity index (χ2n) is 14.1. The summed E-state index contributed by atoms with van der Waals surface area (Å²) < 4.78 is 107. The first-order chi connectivity index (χ1) is 25.1. The fourth-order valence-electron chi connectivity index (χ4n) is 6.79. The average Bonchev–Trinajstić information content (AvgIpc) is 3.40. The predicted octanol–water partition coefficient (Wildman–Crippen LogP) is -4.06. The summed E-state index contributed by atoms with van der Waals surface area (Å²) >= 11 is 0.786. The van der Waals surface area contributed by atoms with E-state index in [1.54, 1.807) is 12.1 Å². The summed E-state index contributed by atoms with van der Waals surface area (Å²) in [5.74, 6) is -0.840. The van der Waals surface area contributed by atoms with E-state index in [2.05, 4.69) is 13.9 Å². The van der Waals surface area contributed by atoms with Crippen molar-refractivity contribution in [3.8, 4) is 0 Å². The predicted molar refractivity (Wildman–Crippen MR) is 202 cm³/mol. The number of hydrogen-bond acceptors (Lipinski definition) is 13. The maximum Gasteiger partial charge on any atom is 1.00 e. The van der Waals surface area contributed by atoms with Crippen LogP contribution in [0.2, 0.25) is 0 Å². The van der Waals surface area contributed by atoms with Crippen molar-refractivity contribution in [1.29, 1.82) is 0 Å². The second kappa shape index (κ2) is 22.8. The Morgan fingerprint density at radius 2 is 1.54 bits per heavy atom. The quantitative estimate of drug-likeness (QED) is 0.0221. The summed E-state index contributed by atoms with van der Waals surface area (Å²) in [7, 11) is -13.2. The zero-order valence-electron chi connectivity index (χ0n) is 33.6. The van der Waals surface area contributed by atoms with E-state index in [1.807, 2.05) is 88.1 Å². The second-order valence-corrected chi connectivity index (χ2v) is 19.4. The first-order valence-electron chi connectivity index (χ1n) is 17.0. The molecule has 0 unspecified atom stereocenters. The number of hydrogen-bond donors (Lipinski definition) is 1. The van der Waals surface area contributed by atoms with Gasteiger partial charge in [-0.15, -0.1) is 0 Å². The zero-order valence-corrected chi connectivity index (χ0v) is 42.8. The maximum atomic E-state index is 11.8. The summed E-state index contributed by atoms with van der Waals surface area (Å²) in [5, 5.41) is 13.9. The number of allylic oxidation sites excluding steroid dienone is 8. The molecule has 1 N–H and O–H groups in total. The third-order valence-electron chi connectivity index (χ3n) is 9.46. The first kappa shape index (κ1) is 54.8. The van der Waals surface area contributed by atoms with Crippen LogP contribution in [-0.4, -0.2) is 73.8 Å². The fourth-order valence-corrected chi connectivity index (χ4v) is 8.81. The van der Waals surface area contributed by atoms with E-state index in [0.29, 0.717) is 42.1 Å². The van der Waals surface area contributed by atoms with Gasteiger partial charge in [0.05, 0.1) is 38.2 Å². The molecule has 0 saturated heterocycles. The standard InChI is InChI=1S/C36H46N2O12S4.3Na/c1-26(12-10-14-33-35(2,3)29-24-27(51-50-49-39)16-18-31(29)37(33)20-6-8-22-52(40,41)42)13-11-15-34-36(4,5)30-25-28(54(46,47)48)17-19-32(30)38(34)21-7-9-23-53(43,44)45;;;/h10-19,24-25H,6-9,20-23H2,1-5H3,(H3-,39,40,41,42,43,44,45,46,47,48);;;/q;3*+1/p-2. The van der Waals surface area contributed by atoms with Crippen LogP contribution in [0.1, 0.15) is 71.4 Å². The van der Waals surface area contributed by atoms with Gasteiger partial charge in [-0.1, -0.05) is 43.7 Å². The molecule has 0 bridgehead atoms. The van der Waals surface area contributed by atoms with Gasteiger partial charge in [-0.25, -0.2) is 16.8 Å². The molecule has 2 aromatic carbocycles. The minimum Gasteiger partial charge on any atom is -0.748 e.